The second-order valence-electron chi connectivity index (χ2n) is 2.59. The lowest BCUT2D eigenvalue weighted by atomic mass is 10.7. The van der Waals surface area contributed by atoms with Gasteiger partial charge in [-0.1, -0.05) is 0 Å². The van der Waals surface area contributed by atoms with E-state index in [4.69, 9.17) is 0 Å². The Bertz CT molecular complexity index is 94.5. The quantitative estimate of drug-likeness (QED) is 0.680. The summed E-state index contributed by atoms with van der Waals surface area (Å²) in [4.78, 5) is 12.3. The number of nitrogens with one attached hydrogen (secondary N) is 1. The fourth-order valence-electron chi connectivity index (χ4n) is 0.326. The van der Waals surface area contributed by atoms with Crippen molar-refractivity contribution in [1.82, 2.24) is 10.2 Å². The maximum Gasteiger partial charge on any atom is 0.407 e. The van der Waals surface area contributed by atoms with E-state index in [9.17, 15) is 4.79 Å². The van der Waals surface area contributed by atoms with E-state index in [0.29, 0.717) is 13.2 Å². The van der Waals surface area contributed by atoms with Gasteiger partial charge < -0.3 is 15.0 Å². The first kappa shape index (κ1) is 13.8. The maximum atomic E-state index is 10.3. The number of ether oxygens (including phenoxy) is 1. The van der Waals surface area contributed by atoms with Crippen molar-refractivity contribution in [1.29, 1.82) is 0 Å². The van der Waals surface area contributed by atoms with Gasteiger partial charge in [-0.3, -0.25) is 0 Å². The highest BCUT2D eigenvalue weighted by Gasteiger charge is 1.92. The normalized spacial score (nSPS) is 8.50. The molecule has 0 aromatic rings. The number of hydrogen-bond donors (Lipinski definition) is 1. The van der Waals surface area contributed by atoms with E-state index in [0.717, 1.165) is 0 Å². The average Bonchev–Trinajstić information content (AvgIpc) is 1.87. The predicted octanol–water partition coefficient (Wildman–Crippen LogP) is 0.930. The Labute approximate surface area is 74.9 Å². The van der Waals surface area contributed by atoms with E-state index in [1.165, 1.54) is 0 Å². The average molecular weight is 176 g/mol. The van der Waals surface area contributed by atoms with Gasteiger partial charge in [0, 0.05) is 6.54 Å². The molecule has 0 spiro atoms. The summed E-state index contributed by atoms with van der Waals surface area (Å²) in [5, 5.41) is 2.49. The summed E-state index contributed by atoms with van der Waals surface area (Å²) in [5.41, 5.74) is 0. The highest BCUT2D eigenvalue weighted by Crippen LogP contribution is 1.72. The molecule has 0 bridgehead atoms. The largest absolute Gasteiger partial charge is 0.450 e. The Hall–Kier alpha value is -0.770. The lowest BCUT2D eigenvalue weighted by Gasteiger charge is -1.99. The third-order valence-electron chi connectivity index (χ3n) is 0.597. The van der Waals surface area contributed by atoms with Gasteiger partial charge in [0.05, 0.1) is 6.61 Å². The van der Waals surface area contributed by atoms with Crippen LogP contribution in [0, 0.1) is 0 Å². The summed E-state index contributed by atoms with van der Waals surface area (Å²) in [5.74, 6) is 0. The number of nitrogens with zero attached hydrogens (tertiary/aromatic N) is 1. The van der Waals surface area contributed by atoms with Crippen molar-refractivity contribution in [3.05, 3.63) is 0 Å². The fraction of sp³-hybridized carbons (Fsp3) is 0.875. The molecule has 74 valence electrons. The third kappa shape index (κ3) is 22.9. The zero-order chi connectivity index (χ0) is 9.98. The van der Waals surface area contributed by atoms with E-state index in [1.807, 2.05) is 33.0 Å². The number of carbonyl (C=O) groups is 1. The van der Waals surface area contributed by atoms with Crippen LogP contribution >= 0.6 is 0 Å². The van der Waals surface area contributed by atoms with Gasteiger partial charge in [-0.2, -0.15) is 0 Å². The van der Waals surface area contributed by atoms with Crippen LogP contribution in [0.1, 0.15) is 13.8 Å². The number of rotatable bonds is 2. The molecule has 0 radical (unpaired) electrons. The number of hydrogen-bond acceptors (Lipinski definition) is 3. The molecule has 0 atom stereocenters. The molecular formula is C8H20N2O2. The van der Waals surface area contributed by atoms with Crippen LogP contribution in [0.5, 0.6) is 0 Å². The van der Waals surface area contributed by atoms with Gasteiger partial charge in [0.1, 0.15) is 0 Å². The molecule has 1 amide bonds. The predicted molar refractivity (Wildman–Crippen MR) is 50.3 cm³/mol. The molecule has 1 N–H and O–H groups in total. The molecule has 4 nitrogen and oxygen atoms in total. The van der Waals surface area contributed by atoms with Gasteiger partial charge in [-0.25, -0.2) is 4.79 Å². The summed E-state index contributed by atoms with van der Waals surface area (Å²) in [6.07, 6.45) is -0.338. The Morgan fingerprint density at radius 1 is 1.33 bits per heavy atom. The number of amides is 1. The summed E-state index contributed by atoms with van der Waals surface area (Å²) in [7, 11) is 6.00. The van der Waals surface area contributed by atoms with Gasteiger partial charge in [-0.15, -0.1) is 0 Å². The van der Waals surface area contributed by atoms with Gasteiger partial charge in [-0.05, 0) is 35.0 Å². The van der Waals surface area contributed by atoms with Crippen LogP contribution in [0.2, 0.25) is 0 Å². The van der Waals surface area contributed by atoms with E-state index >= 15 is 0 Å². The lowest BCUT2D eigenvalue weighted by molar-refractivity contribution is 0.153. The minimum Gasteiger partial charge on any atom is -0.450 e. The zero-order valence-electron chi connectivity index (χ0n) is 8.68. The molecule has 0 unspecified atom stereocenters. The Morgan fingerprint density at radius 3 is 2.00 bits per heavy atom. The standard InChI is InChI=1S/C5H11NO2.C3H9N/c1-3-6-5(7)8-4-2;1-4(2)3/h3-4H2,1-2H3,(H,6,7);1-3H3. The second-order valence-corrected chi connectivity index (χ2v) is 2.59. The molecule has 0 fully saturated rings. The van der Waals surface area contributed by atoms with Gasteiger partial charge in [0.25, 0.3) is 0 Å². The second kappa shape index (κ2) is 10.2. The summed E-state index contributed by atoms with van der Waals surface area (Å²) in [6, 6.07) is 0. The molecule has 0 aromatic heterocycles. The van der Waals surface area contributed by atoms with Crippen LogP contribution in [-0.2, 0) is 4.74 Å². The maximum absolute atomic E-state index is 10.3. The molecule has 0 saturated heterocycles. The minimum absolute atomic E-state index is 0.338. The molecule has 0 rings (SSSR count). The van der Waals surface area contributed by atoms with Crippen molar-refractivity contribution < 1.29 is 9.53 Å². The summed E-state index contributed by atoms with van der Waals surface area (Å²) < 4.78 is 4.53. The Kier molecular flexibility index (Phi) is 11.8. The highest BCUT2D eigenvalue weighted by atomic mass is 16.5. The molecule has 0 saturated carbocycles. The first-order valence-corrected chi connectivity index (χ1v) is 4.06. The minimum atomic E-state index is -0.338. The highest BCUT2D eigenvalue weighted by molar-refractivity contribution is 5.66. The van der Waals surface area contributed by atoms with E-state index in [2.05, 4.69) is 10.1 Å². The first-order chi connectivity index (χ1) is 5.54. The van der Waals surface area contributed by atoms with Crippen LogP contribution in [0.15, 0.2) is 0 Å². The molecule has 4 heteroatoms. The van der Waals surface area contributed by atoms with Gasteiger partial charge >= 0.3 is 6.09 Å². The number of alkyl carbamates (subject to hydrolysis) is 1. The summed E-state index contributed by atoms with van der Waals surface area (Å²) >= 11 is 0. The van der Waals surface area contributed by atoms with Crippen molar-refractivity contribution in [3.8, 4) is 0 Å². The zero-order valence-corrected chi connectivity index (χ0v) is 8.68. The van der Waals surface area contributed by atoms with E-state index in [-0.39, 0.29) is 6.09 Å². The SMILES string of the molecule is CCNC(=O)OCC.CN(C)C. The fourth-order valence-corrected chi connectivity index (χ4v) is 0.326. The van der Waals surface area contributed by atoms with E-state index in [1.54, 1.807) is 6.92 Å². The number of carbonyl (C=O) groups excluding carboxylic acids is 1. The Morgan fingerprint density at radius 2 is 1.75 bits per heavy atom. The van der Waals surface area contributed by atoms with Gasteiger partial charge in [0.15, 0.2) is 0 Å². The molecule has 0 aliphatic rings. The topological polar surface area (TPSA) is 41.6 Å². The molecule has 12 heavy (non-hydrogen) atoms. The van der Waals surface area contributed by atoms with E-state index < -0.39 is 0 Å². The molecule has 0 aliphatic carbocycles. The monoisotopic (exact) mass is 176 g/mol. The molecule has 0 heterocycles. The van der Waals surface area contributed by atoms with Crippen LogP contribution < -0.4 is 5.32 Å². The first-order valence-electron chi connectivity index (χ1n) is 4.06. The molecule has 0 aliphatic heterocycles. The smallest absolute Gasteiger partial charge is 0.407 e. The molecular weight excluding hydrogens is 156 g/mol. The third-order valence-corrected chi connectivity index (χ3v) is 0.597. The van der Waals surface area contributed by atoms with Gasteiger partial charge in [0.2, 0.25) is 0 Å². The summed E-state index contributed by atoms with van der Waals surface area (Å²) in [6.45, 7) is 4.68. The van der Waals surface area contributed by atoms with Crippen molar-refractivity contribution in [3.63, 3.8) is 0 Å². The van der Waals surface area contributed by atoms with Crippen LogP contribution in [0.4, 0.5) is 4.79 Å². The van der Waals surface area contributed by atoms with Crippen molar-refractivity contribution >= 4 is 6.09 Å². The van der Waals surface area contributed by atoms with Crippen molar-refractivity contribution in [2.45, 2.75) is 13.8 Å². The van der Waals surface area contributed by atoms with Crippen LogP contribution in [0.3, 0.4) is 0 Å². The Balaban J connectivity index is 0. The van der Waals surface area contributed by atoms with Crippen LogP contribution in [-0.4, -0.2) is 45.3 Å². The van der Waals surface area contributed by atoms with Crippen LogP contribution in [0.25, 0.3) is 0 Å². The molecule has 0 aromatic carbocycles. The lowest BCUT2D eigenvalue weighted by Crippen LogP contribution is -2.23. The van der Waals surface area contributed by atoms with Crippen molar-refractivity contribution in [2.24, 2.45) is 0 Å². The van der Waals surface area contributed by atoms with Crippen molar-refractivity contribution in [2.75, 3.05) is 34.3 Å².